The SMILES string of the molecule is CC(=O)Nc1on[n+](Cc2ccccc2Cl)c1CN. The molecule has 0 saturated carbocycles. The molecule has 0 unspecified atom stereocenters. The van der Waals surface area contributed by atoms with Gasteiger partial charge in [-0.1, -0.05) is 29.8 Å². The first-order valence-electron chi connectivity index (χ1n) is 5.71. The van der Waals surface area contributed by atoms with E-state index in [1.54, 1.807) is 10.7 Å². The van der Waals surface area contributed by atoms with Crippen molar-refractivity contribution in [2.45, 2.75) is 20.0 Å². The Morgan fingerprint density at radius 2 is 2.26 bits per heavy atom. The molecule has 1 heterocycles. The number of carbonyl (C=O) groups is 1. The zero-order chi connectivity index (χ0) is 13.8. The van der Waals surface area contributed by atoms with Crippen molar-refractivity contribution in [3.05, 3.63) is 40.5 Å². The Morgan fingerprint density at radius 3 is 2.89 bits per heavy atom. The van der Waals surface area contributed by atoms with Crippen LogP contribution in [-0.2, 0) is 17.9 Å². The summed E-state index contributed by atoms with van der Waals surface area (Å²) in [5, 5.41) is 7.05. The minimum Gasteiger partial charge on any atom is -0.321 e. The van der Waals surface area contributed by atoms with Gasteiger partial charge in [0.25, 0.3) is 5.69 Å². The molecule has 19 heavy (non-hydrogen) atoms. The first-order valence-corrected chi connectivity index (χ1v) is 6.09. The molecule has 1 aromatic heterocycles. The van der Waals surface area contributed by atoms with E-state index < -0.39 is 0 Å². The maximum atomic E-state index is 11.0. The lowest BCUT2D eigenvalue weighted by atomic mass is 10.2. The highest BCUT2D eigenvalue weighted by molar-refractivity contribution is 6.31. The van der Waals surface area contributed by atoms with Crippen LogP contribution in [0.15, 0.2) is 28.8 Å². The van der Waals surface area contributed by atoms with Gasteiger partial charge in [0.05, 0.1) is 11.6 Å². The van der Waals surface area contributed by atoms with Gasteiger partial charge in [0.1, 0.15) is 0 Å². The number of benzene rings is 1. The van der Waals surface area contributed by atoms with Crippen LogP contribution in [0.25, 0.3) is 0 Å². The molecular formula is C12H14ClN4O2+. The predicted octanol–water partition coefficient (Wildman–Crippen LogP) is 1.08. The van der Waals surface area contributed by atoms with Gasteiger partial charge in [0.15, 0.2) is 0 Å². The van der Waals surface area contributed by atoms with Crippen LogP contribution in [0.3, 0.4) is 0 Å². The summed E-state index contributed by atoms with van der Waals surface area (Å²) in [6, 6.07) is 7.43. The van der Waals surface area contributed by atoms with E-state index in [-0.39, 0.29) is 18.3 Å². The van der Waals surface area contributed by atoms with E-state index in [0.717, 1.165) is 5.56 Å². The summed E-state index contributed by atoms with van der Waals surface area (Å²) < 4.78 is 6.64. The van der Waals surface area contributed by atoms with Gasteiger partial charge < -0.3 is 5.73 Å². The molecule has 0 radical (unpaired) electrons. The summed E-state index contributed by atoms with van der Waals surface area (Å²) in [4.78, 5) is 11.0. The zero-order valence-corrected chi connectivity index (χ0v) is 11.1. The standard InChI is InChI=1S/C12H13ClN4O2/c1-8(18)15-12-11(6-14)17(16-19-12)7-9-4-2-3-5-10(9)13/h2-5H,6-7,14H2,1H3/p+1. The van der Waals surface area contributed by atoms with Crippen LogP contribution < -0.4 is 15.7 Å². The molecule has 0 saturated heterocycles. The summed E-state index contributed by atoms with van der Waals surface area (Å²) in [6.45, 7) is 2.01. The molecule has 0 atom stereocenters. The Labute approximate surface area is 115 Å². The number of hydrogen-bond acceptors (Lipinski definition) is 4. The van der Waals surface area contributed by atoms with Gasteiger partial charge in [-0.15, -0.1) is 0 Å². The van der Waals surface area contributed by atoms with Crippen molar-refractivity contribution in [2.75, 3.05) is 5.32 Å². The lowest BCUT2D eigenvalue weighted by Crippen LogP contribution is -2.41. The number of nitrogens with one attached hydrogen (secondary N) is 1. The molecule has 100 valence electrons. The lowest BCUT2D eigenvalue weighted by Gasteiger charge is -1.98. The summed E-state index contributed by atoms with van der Waals surface area (Å²) in [7, 11) is 0. The summed E-state index contributed by atoms with van der Waals surface area (Å²) in [5.41, 5.74) is 7.16. The van der Waals surface area contributed by atoms with Crippen LogP contribution in [0.5, 0.6) is 0 Å². The van der Waals surface area contributed by atoms with E-state index in [2.05, 4.69) is 10.6 Å². The molecule has 0 bridgehead atoms. The van der Waals surface area contributed by atoms with Gasteiger partial charge in [0.2, 0.25) is 17.7 Å². The first kappa shape index (κ1) is 13.5. The second kappa shape index (κ2) is 5.81. The Balaban J connectivity index is 2.28. The van der Waals surface area contributed by atoms with E-state index in [1.165, 1.54) is 6.92 Å². The molecule has 0 spiro atoms. The number of nitrogens with two attached hydrogens (primary N) is 1. The Bertz CT molecular complexity index is 597. The molecule has 7 heteroatoms. The van der Waals surface area contributed by atoms with Crippen molar-refractivity contribution in [3.63, 3.8) is 0 Å². The third-order valence-electron chi connectivity index (χ3n) is 2.57. The topological polar surface area (TPSA) is 85.0 Å². The Kier molecular flexibility index (Phi) is 4.13. The molecule has 2 rings (SSSR count). The molecule has 2 aromatic rings. The molecule has 0 aliphatic rings. The largest absolute Gasteiger partial charge is 0.321 e. The number of anilines is 1. The smallest absolute Gasteiger partial charge is 0.306 e. The van der Waals surface area contributed by atoms with Crippen molar-refractivity contribution in [3.8, 4) is 0 Å². The molecule has 0 aliphatic heterocycles. The summed E-state index contributed by atoms with van der Waals surface area (Å²) in [6.07, 6.45) is 0. The number of carbonyl (C=O) groups excluding carboxylic acids is 1. The van der Waals surface area contributed by atoms with Gasteiger partial charge in [-0.2, -0.15) is 0 Å². The van der Waals surface area contributed by atoms with Crippen molar-refractivity contribution >= 4 is 23.4 Å². The maximum absolute atomic E-state index is 11.0. The monoisotopic (exact) mass is 281 g/mol. The number of amides is 1. The van der Waals surface area contributed by atoms with Crippen LogP contribution in [0.2, 0.25) is 5.02 Å². The fourth-order valence-electron chi connectivity index (χ4n) is 1.67. The second-order valence-corrected chi connectivity index (χ2v) is 4.39. The normalized spacial score (nSPS) is 10.5. The van der Waals surface area contributed by atoms with Gasteiger partial charge in [-0.3, -0.25) is 14.6 Å². The lowest BCUT2D eigenvalue weighted by molar-refractivity contribution is -0.760. The molecule has 1 amide bonds. The van der Waals surface area contributed by atoms with Crippen molar-refractivity contribution in [2.24, 2.45) is 5.73 Å². The van der Waals surface area contributed by atoms with Gasteiger partial charge in [-0.05, 0) is 10.7 Å². The zero-order valence-electron chi connectivity index (χ0n) is 10.4. The predicted molar refractivity (Wildman–Crippen MR) is 69.4 cm³/mol. The van der Waals surface area contributed by atoms with E-state index in [9.17, 15) is 4.79 Å². The minimum atomic E-state index is -0.240. The molecule has 0 fully saturated rings. The Hall–Kier alpha value is -1.92. The van der Waals surface area contributed by atoms with Gasteiger partial charge in [-0.25, -0.2) is 0 Å². The highest BCUT2D eigenvalue weighted by Gasteiger charge is 2.24. The fraction of sp³-hybridized carbons (Fsp3) is 0.250. The van der Waals surface area contributed by atoms with Crippen LogP contribution in [0.4, 0.5) is 5.88 Å². The average molecular weight is 282 g/mol. The highest BCUT2D eigenvalue weighted by Crippen LogP contribution is 2.16. The number of halogens is 1. The van der Waals surface area contributed by atoms with Crippen LogP contribution in [0, 0.1) is 0 Å². The summed E-state index contributed by atoms with van der Waals surface area (Å²) >= 11 is 6.09. The Morgan fingerprint density at radius 1 is 1.53 bits per heavy atom. The van der Waals surface area contributed by atoms with Crippen molar-refractivity contribution in [1.29, 1.82) is 0 Å². The quantitative estimate of drug-likeness (QED) is 0.821. The summed E-state index contributed by atoms with van der Waals surface area (Å²) in [5.74, 6) is 0.0257. The van der Waals surface area contributed by atoms with Gasteiger partial charge in [0, 0.05) is 12.5 Å². The molecular weight excluding hydrogens is 268 g/mol. The van der Waals surface area contributed by atoms with E-state index in [0.29, 0.717) is 17.3 Å². The third kappa shape index (κ3) is 3.10. The highest BCUT2D eigenvalue weighted by atomic mass is 35.5. The maximum Gasteiger partial charge on any atom is 0.306 e. The fourth-order valence-corrected chi connectivity index (χ4v) is 1.87. The molecule has 0 aliphatic carbocycles. The van der Waals surface area contributed by atoms with E-state index in [4.69, 9.17) is 21.9 Å². The molecule has 1 aromatic carbocycles. The van der Waals surface area contributed by atoms with Crippen molar-refractivity contribution < 1.29 is 14.0 Å². The average Bonchev–Trinajstić information content (AvgIpc) is 2.73. The number of hydrogen-bond donors (Lipinski definition) is 2. The first-order chi connectivity index (χ1) is 9.11. The number of rotatable bonds is 4. The van der Waals surface area contributed by atoms with Crippen LogP contribution in [-0.4, -0.2) is 11.2 Å². The van der Waals surface area contributed by atoms with Gasteiger partial charge >= 0.3 is 5.88 Å². The van der Waals surface area contributed by atoms with E-state index in [1.807, 2.05) is 18.2 Å². The van der Waals surface area contributed by atoms with Crippen LogP contribution >= 0.6 is 11.6 Å². The van der Waals surface area contributed by atoms with Crippen LogP contribution in [0.1, 0.15) is 18.2 Å². The number of aromatic nitrogens is 2. The van der Waals surface area contributed by atoms with Crippen molar-refractivity contribution in [1.82, 2.24) is 5.27 Å². The van der Waals surface area contributed by atoms with E-state index >= 15 is 0 Å². The minimum absolute atomic E-state index is 0.198. The second-order valence-electron chi connectivity index (χ2n) is 3.98. The molecule has 3 N–H and O–H groups in total. The molecule has 6 nitrogen and oxygen atoms in total. The number of nitrogens with zero attached hydrogens (tertiary/aromatic N) is 2. The third-order valence-corrected chi connectivity index (χ3v) is 2.93.